The lowest BCUT2D eigenvalue weighted by atomic mass is 9.93. The SMILES string of the molecule is CCN(CC)C(=O)[C@H]1CCCN(Cc2c3ccccc3cc3ccccc23)C1. The first kappa shape index (κ1) is 18.9. The van der Waals surface area contributed by atoms with E-state index in [2.05, 4.69) is 73.3 Å². The minimum atomic E-state index is 0.134. The molecule has 0 radical (unpaired) electrons. The normalized spacial score (nSPS) is 17.9. The van der Waals surface area contributed by atoms with Crippen molar-refractivity contribution in [2.75, 3.05) is 26.2 Å². The van der Waals surface area contributed by atoms with Crippen molar-refractivity contribution < 1.29 is 4.79 Å². The van der Waals surface area contributed by atoms with Crippen molar-refractivity contribution in [1.82, 2.24) is 9.80 Å². The number of likely N-dealkylation sites (tertiary alicyclic amines) is 1. The summed E-state index contributed by atoms with van der Waals surface area (Å²) in [5.74, 6) is 0.465. The van der Waals surface area contributed by atoms with E-state index >= 15 is 0 Å². The monoisotopic (exact) mass is 374 g/mol. The maximum absolute atomic E-state index is 12.9. The Morgan fingerprint density at radius 2 is 1.61 bits per heavy atom. The molecule has 3 heteroatoms. The first-order chi connectivity index (χ1) is 13.7. The van der Waals surface area contributed by atoms with Crippen LogP contribution in [0.25, 0.3) is 21.5 Å². The molecule has 0 unspecified atom stereocenters. The minimum Gasteiger partial charge on any atom is -0.343 e. The van der Waals surface area contributed by atoms with Gasteiger partial charge >= 0.3 is 0 Å². The third-order valence-corrected chi connectivity index (χ3v) is 6.19. The van der Waals surface area contributed by atoms with Gasteiger partial charge in [-0.2, -0.15) is 0 Å². The molecule has 1 aliphatic rings. The fourth-order valence-electron chi connectivity index (χ4n) is 4.70. The summed E-state index contributed by atoms with van der Waals surface area (Å²) in [5, 5.41) is 5.25. The van der Waals surface area contributed by atoms with Gasteiger partial charge in [0, 0.05) is 26.2 Å². The molecule has 146 valence electrons. The van der Waals surface area contributed by atoms with Crippen molar-refractivity contribution in [1.29, 1.82) is 0 Å². The predicted molar refractivity (Wildman–Crippen MR) is 117 cm³/mol. The molecule has 0 spiro atoms. The largest absolute Gasteiger partial charge is 0.343 e. The Bertz CT molecular complexity index is 923. The number of amides is 1. The average Bonchev–Trinajstić information content (AvgIpc) is 2.74. The van der Waals surface area contributed by atoms with Crippen molar-refractivity contribution in [2.45, 2.75) is 33.2 Å². The zero-order valence-electron chi connectivity index (χ0n) is 17.0. The van der Waals surface area contributed by atoms with Gasteiger partial charge in [0.15, 0.2) is 0 Å². The number of hydrogen-bond donors (Lipinski definition) is 0. The van der Waals surface area contributed by atoms with Gasteiger partial charge in [0.25, 0.3) is 0 Å². The molecule has 0 saturated carbocycles. The molecule has 0 N–H and O–H groups in total. The Morgan fingerprint density at radius 1 is 1.00 bits per heavy atom. The standard InChI is InChI=1S/C25H30N2O/c1-3-27(4-2)25(28)21-12-9-15-26(17-21)18-24-22-13-7-5-10-19(22)16-20-11-6-8-14-23(20)24/h5-8,10-11,13-14,16,21H,3-4,9,12,15,17-18H2,1-2H3/t21-/m0/s1. The van der Waals surface area contributed by atoms with E-state index in [1.807, 2.05) is 4.90 Å². The maximum atomic E-state index is 12.9. The third kappa shape index (κ3) is 3.64. The molecule has 3 aromatic rings. The van der Waals surface area contributed by atoms with Crippen LogP contribution in [0.2, 0.25) is 0 Å². The van der Waals surface area contributed by atoms with Gasteiger partial charge in [0.1, 0.15) is 0 Å². The second-order valence-electron chi connectivity index (χ2n) is 7.88. The molecule has 0 aromatic heterocycles. The number of carbonyl (C=O) groups is 1. The second kappa shape index (κ2) is 8.32. The van der Waals surface area contributed by atoms with E-state index in [9.17, 15) is 4.79 Å². The number of fused-ring (bicyclic) bond motifs is 2. The van der Waals surface area contributed by atoms with Crippen LogP contribution < -0.4 is 0 Å². The number of piperidine rings is 1. The van der Waals surface area contributed by atoms with E-state index < -0.39 is 0 Å². The fourth-order valence-corrected chi connectivity index (χ4v) is 4.70. The van der Waals surface area contributed by atoms with E-state index in [1.165, 1.54) is 27.1 Å². The van der Waals surface area contributed by atoms with Crippen LogP contribution in [0.1, 0.15) is 32.3 Å². The lowest BCUT2D eigenvalue weighted by molar-refractivity contribution is -0.137. The number of carbonyl (C=O) groups excluding carboxylic acids is 1. The Morgan fingerprint density at radius 3 is 2.21 bits per heavy atom. The van der Waals surface area contributed by atoms with Crippen molar-refractivity contribution in [3.05, 3.63) is 60.2 Å². The Labute approximate surface area is 167 Å². The first-order valence-corrected chi connectivity index (χ1v) is 10.6. The molecule has 4 rings (SSSR count). The van der Waals surface area contributed by atoms with Gasteiger partial charge in [-0.05, 0) is 66.4 Å². The zero-order chi connectivity index (χ0) is 19.5. The van der Waals surface area contributed by atoms with Gasteiger partial charge in [-0.25, -0.2) is 0 Å². The Kier molecular flexibility index (Phi) is 5.63. The van der Waals surface area contributed by atoms with Gasteiger partial charge < -0.3 is 4.90 Å². The summed E-state index contributed by atoms with van der Waals surface area (Å²) in [5.41, 5.74) is 1.39. The Balaban J connectivity index is 1.64. The van der Waals surface area contributed by atoms with Gasteiger partial charge in [-0.3, -0.25) is 9.69 Å². The minimum absolute atomic E-state index is 0.134. The van der Waals surface area contributed by atoms with Gasteiger partial charge in [-0.1, -0.05) is 48.5 Å². The molecule has 3 aromatic carbocycles. The average molecular weight is 375 g/mol. The molecule has 0 bridgehead atoms. The van der Waals surface area contributed by atoms with Crippen LogP contribution in [0.3, 0.4) is 0 Å². The van der Waals surface area contributed by atoms with E-state index in [-0.39, 0.29) is 5.92 Å². The Hall–Kier alpha value is -2.39. The van der Waals surface area contributed by atoms with Crippen molar-refractivity contribution in [3.63, 3.8) is 0 Å². The van der Waals surface area contributed by atoms with E-state index in [4.69, 9.17) is 0 Å². The maximum Gasteiger partial charge on any atom is 0.226 e. The summed E-state index contributed by atoms with van der Waals surface area (Å²) in [4.78, 5) is 17.4. The summed E-state index contributed by atoms with van der Waals surface area (Å²) < 4.78 is 0. The molecular weight excluding hydrogens is 344 g/mol. The zero-order valence-corrected chi connectivity index (χ0v) is 17.0. The third-order valence-electron chi connectivity index (χ3n) is 6.19. The van der Waals surface area contributed by atoms with Gasteiger partial charge in [-0.15, -0.1) is 0 Å². The van der Waals surface area contributed by atoms with Crippen molar-refractivity contribution in [3.8, 4) is 0 Å². The molecule has 3 nitrogen and oxygen atoms in total. The highest BCUT2D eigenvalue weighted by molar-refractivity contribution is 6.02. The van der Waals surface area contributed by atoms with E-state index in [0.717, 1.165) is 45.6 Å². The van der Waals surface area contributed by atoms with Crippen LogP contribution >= 0.6 is 0 Å². The topological polar surface area (TPSA) is 23.6 Å². The summed E-state index contributed by atoms with van der Waals surface area (Å²) in [6, 6.07) is 19.6. The van der Waals surface area contributed by atoms with Crippen LogP contribution in [0.15, 0.2) is 54.6 Å². The van der Waals surface area contributed by atoms with Crippen LogP contribution in [0.5, 0.6) is 0 Å². The number of rotatable bonds is 5. The molecule has 1 heterocycles. The van der Waals surface area contributed by atoms with Crippen LogP contribution in [-0.2, 0) is 11.3 Å². The van der Waals surface area contributed by atoms with Gasteiger partial charge in [0.2, 0.25) is 5.91 Å². The van der Waals surface area contributed by atoms with Crippen molar-refractivity contribution >= 4 is 27.5 Å². The van der Waals surface area contributed by atoms with Crippen LogP contribution in [0.4, 0.5) is 0 Å². The number of benzene rings is 3. The highest BCUT2D eigenvalue weighted by Crippen LogP contribution is 2.31. The molecule has 1 fully saturated rings. The van der Waals surface area contributed by atoms with Crippen LogP contribution in [0, 0.1) is 5.92 Å². The highest BCUT2D eigenvalue weighted by Gasteiger charge is 2.28. The molecule has 28 heavy (non-hydrogen) atoms. The lowest BCUT2D eigenvalue weighted by Crippen LogP contribution is -2.44. The predicted octanol–water partition coefficient (Wildman–Crippen LogP) is 5.07. The molecule has 1 aliphatic heterocycles. The number of hydrogen-bond acceptors (Lipinski definition) is 2. The second-order valence-corrected chi connectivity index (χ2v) is 7.88. The lowest BCUT2D eigenvalue weighted by Gasteiger charge is -2.35. The molecule has 0 aliphatic carbocycles. The van der Waals surface area contributed by atoms with Gasteiger partial charge in [0.05, 0.1) is 5.92 Å². The molecular formula is C25H30N2O. The molecule has 1 saturated heterocycles. The fraction of sp³-hybridized carbons (Fsp3) is 0.400. The quantitative estimate of drug-likeness (QED) is 0.582. The molecule has 1 atom stereocenters. The first-order valence-electron chi connectivity index (χ1n) is 10.6. The summed E-state index contributed by atoms with van der Waals surface area (Å²) >= 11 is 0. The summed E-state index contributed by atoms with van der Waals surface area (Å²) in [6.45, 7) is 8.60. The van der Waals surface area contributed by atoms with E-state index in [0.29, 0.717) is 5.91 Å². The summed E-state index contributed by atoms with van der Waals surface area (Å²) in [6.07, 6.45) is 2.11. The number of nitrogens with zero attached hydrogens (tertiary/aromatic N) is 2. The highest BCUT2D eigenvalue weighted by atomic mass is 16.2. The van der Waals surface area contributed by atoms with Crippen molar-refractivity contribution in [2.24, 2.45) is 5.92 Å². The van der Waals surface area contributed by atoms with Crippen LogP contribution in [-0.4, -0.2) is 41.9 Å². The van der Waals surface area contributed by atoms with E-state index in [1.54, 1.807) is 0 Å². The smallest absolute Gasteiger partial charge is 0.226 e. The summed E-state index contributed by atoms with van der Waals surface area (Å²) in [7, 11) is 0. The molecule has 1 amide bonds.